The Morgan fingerprint density at radius 3 is 1.83 bits per heavy atom. The van der Waals surface area contributed by atoms with Gasteiger partial charge in [-0.15, -0.1) is 0 Å². The maximum absolute atomic E-state index is 12.5. The van der Waals surface area contributed by atoms with Crippen molar-refractivity contribution < 1.29 is 34.0 Å². The van der Waals surface area contributed by atoms with Gasteiger partial charge in [0.2, 0.25) is 18.1 Å². The largest absolute Gasteiger partial charge is 0.506 e. The molecule has 0 saturated carbocycles. The molecule has 0 aliphatic rings. The number of carbonyl (C=O) groups is 4. The summed E-state index contributed by atoms with van der Waals surface area (Å²) in [6, 6.07) is 8.91. The van der Waals surface area contributed by atoms with Crippen LogP contribution >= 0.6 is 0 Å². The number of carbonyl (C=O) groups excluding carboxylic acids is 4. The Bertz CT molecular complexity index is 1190. The predicted octanol–water partition coefficient (Wildman–Crippen LogP) is 1.38. The van der Waals surface area contributed by atoms with E-state index in [1.165, 1.54) is 53.6 Å². The van der Waals surface area contributed by atoms with Crippen molar-refractivity contribution in [2.24, 2.45) is 0 Å². The summed E-state index contributed by atoms with van der Waals surface area (Å²) in [7, 11) is 0. The van der Waals surface area contributed by atoms with Gasteiger partial charge in [-0.2, -0.15) is 0 Å². The monoisotopic (exact) mass is 481 g/mol. The number of hydrogen-bond acceptors (Lipinski definition) is 6. The molecule has 2 aromatic carbocycles. The third-order valence-corrected chi connectivity index (χ3v) is 4.63. The van der Waals surface area contributed by atoms with Crippen molar-refractivity contribution >= 4 is 46.4 Å². The number of imidazole rings is 1. The predicted molar refractivity (Wildman–Crippen MR) is 127 cm³/mol. The lowest BCUT2D eigenvalue weighted by Crippen LogP contribution is -2.38. The molecule has 1 aromatic heterocycles. The van der Waals surface area contributed by atoms with Crippen LogP contribution in [0.1, 0.15) is 13.8 Å². The third-order valence-electron chi connectivity index (χ3n) is 4.63. The van der Waals surface area contributed by atoms with E-state index < -0.39 is 11.8 Å². The molecule has 0 atom stereocenters. The van der Waals surface area contributed by atoms with Gasteiger partial charge in [-0.05, 0) is 24.3 Å². The molecule has 0 bridgehead atoms. The highest BCUT2D eigenvalue weighted by atomic mass is 16.3. The highest BCUT2D eigenvalue weighted by molar-refractivity contribution is 6.01. The highest BCUT2D eigenvalue weighted by Crippen LogP contribution is 2.32. The Balaban J connectivity index is 1.63. The van der Waals surface area contributed by atoms with Crippen LogP contribution in [0.2, 0.25) is 0 Å². The molecule has 0 fully saturated rings. The summed E-state index contributed by atoms with van der Waals surface area (Å²) in [6.45, 7) is 2.36. The number of aromatic hydroxyl groups is 2. The molecule has 0 saturated heterocycles. The number of nitrogens with zero attached hydrogens (tertiary/aromatic N) is 2. The molecular weight excluding hydrogens is 456 g/mol. The summed E-state index contributed by atoms with van der Waals surface area (Å²) in [5.74, 6) is -2.06. The Labute approximate surface area is 200 Å². The lowest BCUT2D eigenvalue weighted by atomic mass is 10.2. The fraction of sp³-hybridized carbons (Fsp3) is 0.174. The number of hydrogen-bond donors (Lipinski definition) is 6. The topological polar surface area (TPSA) is 166 Å². The molecule has 4 amide bonds. The van der Waals surface area contributed by atoms with Crippen molar-refractivity contribution in [1.82, 2.24) is 4.57 Å². The number of phenolic OH excluding ortho intramolecular Hbond substituents is 2. The van der Waals surface area contributed by atoms with Crippen LogP contribution in [0.4, 0.5) is 22.7 Å². The minimum absolute atomic E-state index is 0.0738. The second-order valence-electron chi connectivity index (χ2n) is 7.62. The van der Waals surface area contributed by atoms with Crippen LogP contribution in [0.25, 0.3) is 0 Å². The number of nitrogens with one attached hydrogen (secondary N) is 4. The highest BCUT2D eigenvalue weighted by Gasteiger charge is 2.17. The van der Waals surface area contributed by atoms with E-state index in [1.54, 1.807) is 24.5 Å². The normalized spacial score (nSPS) is 10.3. The zero-order chi connectivity index (χ0) is 25.5. The van der Waals surface area contributed by atoms with Crippen LogP contribution in [0.5, 0.6) is 11.5 Å². The van der Waals surface area contributed by atoms with Crippen molar-refractivity contribution in [3.63, 3.8) is 0 Å². The van der Waals surface area contributed by atoms with E-state index in [1.807, 2.05) is 0 Å². The Morgan fingerprint density at radius 1 is 0.800 bits per heavy atom. The first-order valence-electron chi connectivity index (χ1n) is 10.5. The van der Waals surface area contributed by atoms with Crippen LogP contribution in [-0.2, 0) is 32.3 Å². The Morgan fingerprint density at radius 2 is 1.31 bits per heavy atom. The standard InChI is InChI=1S/C23H24N6O6/c1-14(30)24-16-5-3-7-18(32)22(16)26-20(34)11-28-9-10-29(13-28)12-21(35)27-23-17(25-15(2)31)6-4-8-19(23)33/h3-10,13H,11-12H2,1-2H3,(H5-,24,25,26,27,30,31,32,33,34,35)/p+1. The average Bonchev–Trinajstić information content (AvgIpc) is 3.18. The summed E-state index contributed by atoms with van der Waals surface area (Å²) in [5, 5.41) is 30.3. The van der Waals surface area contributed by atoms with E-state index in [2.05, 4.69) is 21.3 Å². The Hall–Kier alpha value is -4.87. The van der Waals surface area contributed by atoms with Gasteiger partial charge in [0.15, 0.2) is 13.1 Å². The molecule has 12 nitrogen and oxygen atoms in total. The lowest BCUT2D eigenvalue weighted by molar-refractivity contribution is -0.683. The summed E-state index contributed by atoms with van der Waals surface area (Å²) in [5.41, 5.74) is 0.662. The molecule has 0 aliphatic carbocycles. The molecule has 0 spiro atoms. The summed E-state index contributed by atoms with van der Waals surface area (Å²) in [6.07, 6.45) is 4.68. The quantitative estimate of drug-likeness (QED) is 0.210. The van der Waals surface area contributed by atoms with Gasteiger partial charge in [-0.1, -0.05) is 12.1 Å². The summed E-state index contributed by atoms with van der Waals surface area (Å²) in [4.78, 5) is 47.7. The number of amides is 4. The molecular formula is C23H25N6O6+. The lowest BCUT2D eigenvalue weighted by Gasteiger charge is -2.12. The van der Waals surface area contributed by atoms with Crippen molar-refractivity contribution in [3.8, 4) is 11.5 Å². The maximum atomic E-state index is 12.5. The van der Waals surface area contributed by atoms with E-state index in [0.717, 1.165) is 0 Å². The van der Waals surface area contributed by atoms with Gasteiger partial charge in [0.25, 0.3) is 11.8 Å². The maximum Gasteiger partial charge on any atom is 0.266 e. The van der Waals surface area contributed by atoms with Crippen LogP contribution in [0.3, 0.4) is 0 Å². The van der Waals surface area contributed by atoms with Crippen LogP contribution in [0.15, 0.2) is 55.1 Å². The second kappa shape index (κ2) is 10.8. The van der Waals surface area contributed by atoms with Crippen LogP contribution < -0.4 is 25.8 Å². The average molecular weight is 481 g/mol. The van der Waals surface area contributed by atoms with E-state index in [9.17, 15) is 29.4 Å². The zero-order valence-corrected chi connectivity index (χ0v) is 19.0. The van der Waals surface area contributed by atoms with Crippen LogP contribution in [0, 0.1) is 0 Å². The molecule has 1 heterocycles. The zero-order valence-electron chi connectivity index (χ0n) is 19.0. The second-order valence-corrected chi connectivity index (χ2v) is 7.62. The van der Waals surface area contributed by atoms with Gasteiger partial charge in [0, 0.05) is 13.8 Å². The minimum Gasteiger partial charge on any atom is -0.506 e. The first-order valence-corrected chi connectivity index (χ1v) is 10.5. The third kappa shape index (κ3) is 6.81. The SMILES string of the molecule is CC(=O)Nc1cccc(O)c1NC(=O)Cn1cc[n+](CC(=O)Nc2c(O)cccc2NC(C)=O)c1. The van der Waals surface area contributed by atoms with Gasteiger partial charge in [0.05, 0.1) is 11.4 Å². The smallest absolute Gasteiger partial charge is 0.266 e. The molecule has 12 heteroatoms. The molecule has 3 rings (SSSR count). The van der Waals surface area contributed by atoms with Gasteiger partial charge in [-0.3, -0.25) is 19.2 Å². The van der Waals surface area contributed by atoms with Crippen molar-refractivity contribution in [3.05, 3.63) is 55.1 Å². The van der Waals surface area contributed by atoms with E-state index in [-0.39, 0.29) is 59.2 Å². The molecule has 6 N–H and O–H groups in total. The fourth-order valence-electron chi connectivity index (χ4n) is 3.25. The van der Waals surface area contributed by atoms with Gasteiger partial charge < -0.3 is 31.5 Å². The number of phenols is 2. The molecule has 0 unspecified atom stereocenters. The van der Waals surface area contributed by atoms with Gasteiger partial charge >= 0.3 is 0 Å². The molecule has 182 valence electrons. The fourth-order valence-corrected chi connectivity index (χ4v) is 3.25. The van der Waals surface area contributed by atoms with Crippen molar-refractivity contribution in [2.75, 3.05) is 21.3 Å². The number of benzene rings is 2. The van der Waals surface area contributed by atoms with E-state index >= 15 is 0 Å². The van der Waals surface area contributed by atoms with Gasteiger partial charge in [0.1, 0.15) is 35.3 Å². The number of anilines is 4. The summed E-state index contributed by atoms with van der Waals surface area (Å²) >= 11 is 0. The minimum atomic E-state index is -0.473. The van der Waals surface area contributed by atoms with Crippen molar-refractivity contribution in [1.29, 1.82) is 0 Å². The molecule has 0 radical (unpaired) electrons. The van der Waals surface area contributed by atoms with Gasteiger partial charge in [-0.25, -0.2) is 9.13 Å². The molecule has 3 aromatic rings. The number of rotatable bonds is 8. The van der Waals surface area contributed by atoms with Crippen LogP contribution in [-0.4, -0.2) is 38.4 Å². The first-order chi connectivity index (χ1) is 16.6. The summed E-state index contributed by atoms with van der Waals surface area (Å²) < 4.78 is 3.03. The molecule has 35 heavy (non-hydrogen) atoms. The molecule has 0 aliphatic heterocycles. The van der Waals surface area contributed by atoms with E-state index in [4.69, 9.17) is 0 Å². The Kier molecular flexibility index (Phi) is 7.66. The number of para-hydroxylation sites is 2. The first kappa shape index (κ1) is 24.8. The number of aromatic nitrogens is 2. The van der Waals surface area contributed by atoms with E-state index in [0.29, 0.717) is 0 Å². The van der Waals surface area contributed by atoms with Crippen molar-refractivity contribution in [2.45, 2.75) is 26.9 Å².